The van der Waals surface area contributed by atoms with Crippen LogP contribution in [0.5, 0.6) is 11.5 Å². The summed E-state index contributed by atoms with van der Waals surface area (Å²) >= 11 is 3.39. The minimum absolute atomic E-state index is 0.0109. The molecule has 150 valence electrons. The van der Waals surface area contributed by atoms with Crippen molar-refractivity contribution in [2.45, 2.75) is 25.3 Å². The summed E-state index contributed by atoms with van der Waals surface area (Å²) in [7, 11) is 1.67. The first-order valence-corrected chi connectivity index (χ1v) is 10.5. The molecule has 6 heteroatoms. The second kappa shape index (κ2) is 10.5. The van der Waals surface area contributed by atoms with Gasteiger partial charge in [0.25, 0.3) is 5.91 Å². The van der Waals surface area contributed by atoms with E-state index in [0.29, 0.717) is 12.3 Å². The van der Waals surface area contributed by atoms with Crippen molar-refractivity contribution in [1.82, 2.24) is 10.2 Å². The van der Waals surface area contributed by atoms with E-state index in [-0.39, 0.29) is 18.6 Å². The maximum atomic E-state index is 12.3. The zero-order valence-corrected chi connectivity index (χ0v) is 17.8. The Hall–Kier alpha value is -2.05. The Labute approximate surface area is 175 Å². The summed E-state index contributed by atoms with van der Waals surface area (Å²) in [6.07, 6.45) is 3.68. The number of methoxy groups -OCH3 is 1. The molecule has 1 heterocycles. The number of carbonyl (C=O) groups excluding carboxylic acids is 1. The maximum Gasteiger partial charge on any atom is 0.258 e. The molecule has 5 nitrogen and oxygen atoms in total. The summed E-state index contributed by atoms with van der Waals surface area (Å²) in [6, 6.07) is 15.7. The van der Waals surface area contributed by atoms with Gasteiger partial charge in [0.2, 0.25) is 0 Å². The van der Waals surface area contributed by atoms with Crippen molar-refractivity contribution in [2.75, 3.05) is 33.4 Å². The average Bonchev–Trinajstić information content (AvgIpc) is 2.74. The van der Waals surface area contributed by atoms with Crippen molar-refractivity contribution in [3.05, 3.63) is 58.6 Å². The molecule has 3 rings (SSSR count). The number of benzene rings is 2. The van der Waals surface area contributed by atoms with E-state index >= 15 is 0 Å². The van der Waals surface area contributed by atoms with Crippen LogP contribution in [0.2, 0.25) is 0 Å². The van der Waals surface area contributed by atoms with Gasteiger partial charge in [0.15, 0.2) is 6.61 Å². The predicted molar refractivity (Wildman–Crippen MR) is 114 cm³/mol. The standard InChI is InChI=1S/C22H27BrN2O3/c1-27-19-9-5-17(6-10-19)21(25-13-3-2-4-14-25)15-24-22(26)16-28-20-11-7-18(23)8-12-20/h5-12,21H,2-4,13-16H2,1H3,(H,24,26). The quantitative estimate of drug-likeness (QED) is 0.660. The van der Waals surface area contributed by atoms with Crippen molar-refractivity contribution in [3.8, 4) is 11.5 Å². The van der Waals surface area contributed by atoms with Crippen LogP contribution in [0.4, 0.5) is 0 Å². The molecule has 1 unspecified atom stereocenters. The topological polar surface area (TPSA) is 50.8 Å². The minimum Gasteiger partial charge on any atom is -0.497 e. The number of halogens is 1. The first-order chi connectivity index (χ1) is 13.7. The van der Waals surface area contributed by atoms with E-state index in [9.17, 15) is 4.79 Å². The number of likely N-dealkylation sites (tertiary alicyclic amines) is 1. The van der Waals surface area contributed by atoms with Crippen molar-refractivity contribution in [3.63, 3.8) is 0 Å². The van der Waals surface area contributed by atoms with Crippen LogP contribution in [-0.4, -0.2) is 44.2 Å². The monoisotopic (exact) mass is 446 g/mol. The van der Waals surface area contributed by atoms with Crippen molar-refractivity contribution in [1.29, 1.82) is 0 Å². The SMILES string of the molecule is COc1ccc(C(CNC(=O)COc2ccc(Br)cc2)N2CCCCC2)cc1. The number of nitrogens with zero attached hydrogens (tertiary/aromatic N) is 1. The third-order valence-electron chi connectivity index (χ3n) is 5.01. The van der Waals surface area contributed by atoms with E-state index in [0.717, 1.165) is 23.3 Å². The zero-order valence-electron chi connectivity index (χ0n) is 16.2. The molecule has 2 aromatic rings. The number of amides is 1. The van der Waals surface area contributed by atoms with Crippen LogP contribution in [0, 0.1) is 0 Å². The molecular weight excluding hydrogens is 420 g/mol. The van der Waals surface area contributed by atoms with Crippen LogP contribution >= 0.6 is 15.9 Å². The fraction of sp³-hybridized carbons (Fsp3) is 0.409. The molecule has 1 atom stereocenters. The number of piperidine rings is 1. The highest BCUT2D eigenvalue weighted by Crippen LogP contribution is 2.26. The first-order valence-electron chi connectivity index (χ1n) is 9.69. The second-order valence-corrected chi connectivity index (χ2v) is 7.85. The molecule has 0 radical (unpaired) electrons. The van der Waals surface area contributed by atoms with E-state index in [1.165, 1.54) is 24.8 Å². The first kappa shape index (κ1) is 20.7. The van der Waals surface area contributed by atoms with Crippen LogP contribution in [0.1, 0.15) is 30.9 Å². The summed E-state index contributed by atoms with van der Waals surface area (Å²) in [5.41, 5.74) is 1.19. The molecular formula is C22H27BrN2O3. The van der Waals surface area contributed by atoms with Crippen molar-refractivity contribution < 1.29 is 14.3 Å². The summed E-state index contributed by atoms with van der Waals surface area (Å²) in [5.74, 6) is 1.41. The highest BCUT2D eigenvalue weighted by atomic mass is 79.9. The Morgan fingerprint density at radius 2 is 1.68 bits per heavy atom. The Balaban J connectivity index is 1.58. The maximum absolute atomic E-state index is 12.3. The lowest BCUT2D eigenvalue weighted by Gasteiger charge is -2.35. The predicted octanol–water partition coefficient (Wildman–Crippen LogP) is 4.18. The van der Waals surface area contributed by atoms with Gasteiger partial charge in [-0.15, -0.1) is 0 Å². The van der Waals surface area contributed by atoms with Gasteiger partial charge in [-0.3, -0.25) is 9.69 Å². The van der Waals surface area contributed by atoms with Crippen LogP contribution in [0.3, 0.4) is 0 Å². The van der Waals surface area contributed by atoms with Gasteiger partial charge < -0.3 is 14.8 Å². The van der Waals surface area contributed by atoms with Crippen LogP contribution in [0.15, 0.2) is 53.0 Å². The lowest BCUT2D eigenvalue weighted by molar-refractivity contribution is -0.123. The number of rotatable bonds is 8. The van der Waals surface area contributed by atoms with E-state index in [1.54, 1.807) is 7.11 Å². The average molecular weight is 447 g/mol. The van der Waals surface area contributed by atoms with E-state index in [1.807, 2.05) is 36.4 Å². The molecule has 0 spiro atoms. The molecule has 0 bridgehead atoms. The highest BCUT2D eigenvalue weighted by molar-refractivity contribution is 9.10. The molecule has 28 heavy (non-hydrogen) atoms. The summed E-state index contributed by atoms with van der Waals surface area (Å²) < 4.78 is 11.8. The molecule has 1 aliphatic heterocycles. The number of hydrogen-bond acceptors (Lipinski definition) is 4. The van der Waals surface area contributed by atoms with Gasteiger partial charge in [-0.05, 0) is 67.9 Å². The van der Waals surface area contributed by atoms with Gasteiger partial charge in [-0.1, -0.05) is 34.5 Å². The molecule has 1 amide bonds. The molecule has 1 saturated heterocycles. The Morgan fingerprint density at radius 1 is 1.04 bits per heavy atom. The molecule has 0 aliphatic carbocycles. The Morgan fingerprint density at radius 3 is 2.32 bits per heavy atom. The minimum atomic E-state index is -0.113. The van der Waals surface area contributed by atoms with Gasteiger partial charge >= 0.3 is 0 Å². The third-order valence-corrected chi connectivity index (χ3v) is 5.54. The molecule has 0 aromatic heterocycles. The van der Waals surface area contributed by atoms with Crippen LogP contribution in [-0.2, 0) is 4.79 Å². The van der Waals surface area contributed by atoms with Gasteiger partial charge in [0.05, 0.1) is 13.2 Å². The Kier molecular flexibility index (Phi) is 7.74. The van der Waals surface area contributed by atoms with Crippen LogP contribution in [0.25, 0.3) is 0 Å². The van der Waals surface area contributed by atoms with E-state index < -0.39 is 0 Å². The van der Waals surface area contributed by atoms with E-state index in [4.69, 9.17) is 9.47 Å². The fourth-order valence-corrected chi connectivity index (χ4v) is 3.72. The molecule has 1 fully saturated rings. The lowest BCUT2D eigenvalue weighted by Crippen LogP contribution is -2.41. The number of nitrogens with one attached hydrogen (secondary N) is 1. The second-order valence-electron chi connectivity index (χ2n) is 6.93. The normalized spacial score (nSPS) is 15.6. The van der Waals surface area contributed by atoms with Crippen molar-refractivity contribution in [2.24, 2.45) is 0 Å². The number of ether oxygens (including phenoxy) is 2. The van der Waals surface area contributed by atoms with Gasteiger partial charge in [0.1, 0.15) is 11.5 Å². The number of carbonyl (C=O) groups is 1. The molecule has 1 N–H and O–H groups in total. The summed E-state index contributed by atoms with van der Waals surface area (Å²) in [5, 5.41) is 3.04. The largest absolute Gasteiger partial charge is 0.497 e. The lowest BCUT2D eigenvalue weighted by atomic mass is 10.0. The van der Waals surface area contributed by atoms with E-state index in [2.05, 4.69) is 38.3 Å². The van der Waals surface area contributed by atoms with Gasteiger partial charge in [0, 0.05) is 11.0 Å². The fourth-order valence-electron chi connectivity index (χ4n) is 3.46. The summed E-state index contributed by atoms with van der Waals surface area (Å²) in [6.45, 7) is 2.69. The van der Waals surface area contributed by atoms with Crippen LogP contribution < -0.4 is 14.8 Å². The Bertz CT molecular complexity index is 743. The molecule has 0 saturated carbocycles. The summed E-state index contributed by atoms with van der Waals surface area (Å²) in [4.78, 5) is 14.8. The molecule has 1 aliphatic rings. The highest BCUT2D eigenvalue weighted by Gasteiger charge is 2.23. The number of hydrogen-bond donors (Lipinski definition) is 1. The van der Waals surface area contributed by atoms with Gasteiger partial charge in [-0.2, -0.15) is 0 Å². The zero-order chi connectivity index (χ0) is 19.8. The van der Waals surface area contributed by atoms with Gasteiger partial charge in [-0.25, -0.2) is 0 Å². The third kappa shape index (κ3) is 5.97. The molecule has 2 aromatic carbocycles. The smallest absolute Gasteiger partial charge is 0.258 e. The van der Waals surface area contributed by atoms with Crippen molar-refractivity contribution >= 4 is 21.8 Å².